The first-order chi connectivity index (χ1) is 18.1. The van der Waals surface area contributed by atoms with Crippen LogP contribution in [-0.4, -0.2) is 71.2 Å². The molecule has 0 aliphatic carbocycles. The Morgan fingerprint density at radius 1 is 1.08 bits per heavy atom. The summed E-state index contributed by atoms with van der Waals surface area (Å²) in [5.74, 6) is -1.16. The number of sulfone groups is 1. The van der Waals surface area contributed by atoms with Gasteiger partial charge >= 0.3 is 5.97 Å². The maximum atomic E-state index is 13.4. The first-order valence-corrected chi connectivity index (χ1v) is 14.1. The number of rotatable bonds is 6. The largest absolute Gasteiger partial charge is 0.452 e. The summed E-state index contributed by atoms with van der Waals surface area (Å²) in [6.07, 6.45) is 0.376. The van der Waals surface area contributed by atoms with E-state index in [9.17, 15) is 18.0 Å². The number of hydrogen-bond acceptors (Lipinski definition) is 7. The fraction of sp³-hybridized carbons (Fsp3) is 0.286. The molecule has 2 aromatic carbocycles. The van der Waals surface area contributed by atoms with Crippen molar-refractivity contribution in [2.75, 3.05) is 25.2 Å². The smallest absolute Gasteiger partial charge is 0.339 e. The first kappa shape index (κ1) is 25.6. The lowest BCUT2D eigenvalue weighted by Gasteiger charge is -2.23. The zero-order chi connectivity index (χ0) is 27.0. The van der Waals surface area contributed by atoms with Gasteiger partial charge in [-0.05, 0) is 38.5 Å². The summed E-state index contributed by atoms with van der Waals surface area (Å²) in [7, 11) is -1.61. The third kappa shape index (κ3) is 5.04. The molecule has 3 heterocycles. The van der Waals surface area contributed by atoms with Crippen molar-refractivity contribution in [1.82, 2.24) is 19.7 Å². The molecule has 1 aliphatic heterocycles. The fourth-order valence-corrected chi connectivity index (χ4v) is 6.44. The van der Waals surface area contributed by atoms with Gasteiger partial charge in [-0.1, -0.05) is 48.0 Å². The van der Waals surface area contributed by atoms with Gasteiger partial charge in [0.25, 0.3) is 5.91 Å². The van der Waals surface area contributed by atoms with E-state index in [4.69, 9.17) is 9.72 Å². The average Bonchev–Trinajstić information content (AvgIpc) is 3.45. The molecule has 1 aliphatic rings. The summed E-state index contributed by atoms with van der Waals surface area (Å²) in [5, 5.41) is 5.21. The molecule has 0 spiro atoms. The van der Waals surface area contributed by atoms with Crippen LogP contribution in [0.1, 0.15) is 28.0 Å². The lowest BCUT2D eigenvalue weighted by molar-refractivity contribution is -0.134. The topological polar surface area (TPSA) is 111 Å². The Bertz CT molecular complexity index is 1630. The summed E-state index contributed by atoms with van der Waals surface area (Å²) in [6.45, 7) is 3.30. The van der Waals surface area contributed by atoms with Gasteiger partial charge in [-0.15, -0.1) is 0 Å². The Hall–Kier alpha value is -4.05. The van der Waals surface area contributed by atoms with E-state index in [2.05, 4.69) is 5.10 Å². The third-order valence-electron chi connectivity index (χ3n) is 6.86. The van der Waals surface area contributed by atoms with Crippen LogP contribution in [0.3, 0.4) is 0 Å². The van der Waals surface area contributed by atoms with E-state index in [1.54, 1.807) is 17.7 Å². The van der Waals surface area contributed by atoms with Gasteiger partial charge in [-0.25, -0.2) is 22.9 Å². The molecule has 38 heavy (non-hydrogen) atoms. The van der Waals surface area contributed by atoms with Crippen LogP contribution in [0.15, 0.2) is 60.7 Å². The van der Waals surface area contributed by atoms with E-state index in [1.807, 2.05) is 61.5 Å². The highest BCUT2D eigenvalue weighted by atomic mass is 32.2. The van der Waals surface area contributed by atoms with Gasteiger partial charge in [0.15, 0.2) is 22.1 Å². The van der Waals surface area contributed by atoms with Crippen molar-refractivity contribution in [3.05, 3.63) is 77.5 Å². The predicted molar refractivity (Wildman–Crippen MR) is 144 cm³/mol. The van der Waals surface area contributed by atoms with E-state index < -0.39 is 34.4 Å². The van der Waals surface area contributed by atoms with Crippen molar-refractivity contribution in [3.63, 3.8) is 0 Å². The van der Waals surface area contributed by atoms with E-state index >= 15 is 0 Å². The standard InChI is InChI=1S/C28H28N4O5S/c1-18-9-11-21(12-10-18)32-27-26(19(2)30-32)23(15-24(29-27)20-7-5-4-6-8-20)28(34)37-16-25(33)31(3)22-13-14-38(35,36)17-22/h4-12,15,22H,13-14,16-17H2,1-3H3/t22-/m1/s1. The molecule has 1 atom stereocenters. The molecule has 9 nitrogen and oxygen atoms in total. The number of carbonyl (C=O) groups excluding carboxylic acids is 2. The van der Waals surface area contributed by atoms with Crippen molar-refractivity contribution < 1.29 is 22.7 Å². The monoisotopic (exact) mass is 532 g/mol. The highest BCUT2D eigenvalue weighted by Gasteiger charge is 2.33. The normalized spacial score (nSPS) is 16.4. The van der Waals surface area contributed by atoms with Gasteiger partial charge in [0.2, 0.25) is 0 Å². The van der Waals surface area contributed by atoms with Crippen LogP contribution in [0, 0.1) is 13.8 Å². The minimum absolute atomic E-state index is 0.0522. The van der Waals surface area contributed by atoms with Crippen molar-refractivity contribution >= 4 is 32.7 Å². The Morgan fingerprint density at radius 2 is 1.79 bits per heavy atom. The van der Waals surface area contributed by atoms with Crippen LogP contribution in [0.5, 0.6) is 0 Å². The Labute approximate surface area is 221 Å². The molecule has 1 fully saturated rings. The second-order valence-corrected chi connectivity index (χ2v) is 11.8. The summed E-state index contributed by atoms with van der Waals surface area (Å²) < 4.78 is 30.8. The van der Waals surface area contributed by atoms with Gasteiger partial charge in [0.05, 0.1) is 39.5 Å². The molecule has 0 saturated carbocycles. The number of nitrogens with zero attached hydrogens (tertiary/aromatic N) is 4. The molecular weight excluding hydrogens is 504 g/mol. The molecule has 2 aromatic heterocycles. The van der Waals surface area contributed by atoms with Gasteiger partial charge in [0.1, 0.15) is 0 Å². The van der Waals surface area contributed by atoms with E-state index in [0.29, 0.717) is 28.8 Å². The Kier molecular flexibility index (Phi) is 6.75. The number of aromatic nitrogens is 3. The van der Waals surface area contributed by atoms with Crippen LogP contribution in [0.25, 0.3) is 28.0 Å². The Morgan fingerprint density at radius 3 is 2.45 bits per heavy atom. The highest BCUT2D eigenvalue weighted by Crippen LogP contribution is 2.29. The van der Waals surface area contributed by atoms with E-state index in [0.717, 1.165) is 16.8 Å². The van der Waals surface area contributed by atoms with Crippen LogP contribution in [0.4, 0.5) is 0 Å². The molecule has 0 unspecified atom stereocenters. The molecule has 196 valence electrons. The SMILES string of the molecule is Cc1ccc(-n2nc(C)c3c(C(=O)OCC(=O)N(C)[C@@H]4CCS(=O)(=O)C4)cc(-c4ccccc4)nc32)cc1. The number of pyridine rings is 1. The minimum Gasteiger partial charge on any atom is -0.452 e. The van der Waals surface area contributed by atoms with Crippen LogP contribution < -0.4 is 0 Å². The van der Waals surface area contributed by atoms with Crippen molar-refractivity contribution in [2.45, 2.75) is 26.3 Å². The van der Waals surface area contributed by atoms with Gasteiger partial charge < -0.3 is 9.64 Å². The molecule has 10 heteroatoms. The van der Waals surface area contributed by atoms with Crippen LogP contribution >= 0.6 is 0 Å². The first-order valence-electron chi connectivity index (χ1n) is 12.3. The van der Waals surface area contributed by atoms with Gasteiger partial charge in [-0.2, -0.15) is 5.10 Å². The van der Waals surface area contributed by atoms with Crippen molar-refractivity contribution in [1.29, 1.82) is 0 Å². The number of aryl methyl sites for hydroxylation is 2. The number of benzene rings is 2. The maximum Gasteiger partial charge on any atom is 0.339 e. The molecule has 0 radical (unpaired) electrons. The number of esters is 1. The lowest BCUT2D eigenvalue weighted by Crippen LogP contribution is -2.40. The molecule has 5 rings (SSSR count). The van der Waals surface area contributed by atoms with Crippen LogP contribution in [0.2, 0.25) is 0 Å². The quantitative estimate of drug-likeness (QED) is 0.350. The lowest BCUT2D eigenvalue weighted by atomic mass is 10.1. The number of hydrogen-bond donors (Lipinski definition) is 0. The summed E-state index contributed by atoms with van der Waals surface area (Å²) in [5.41, 5.74) is 4.64. The predicted octanol–water partition coefficient (Wildman–Crippen LogP) is 3.51. The zero-order valence-electron chi connectivity index (χ0n) is 21.4. The van der Waals surface area contributed by atoms with Crippen LogP contribution in [-0.2, 0) is 19.4 Å². The summed E-state index contributed by atoms with van der Waals surface area (Å²) in [4.78, 5) is 32.3. The zero-order valence-corrected chi connectivity index (χ0v) is 22.2. The Balaban J connectivity index is 1.50. The molecule has 1 saturated heterocycles. The molecule has 4 aromatic rings. The number of likely N-dealkylation sites (N-methyl/N-ethyl adjacent to an activating group) is 1. The molecule has 0 bridgehead atoms. The van der Waals surface area contributed by atoms with Crippen molar-refractivity contribution in [3.8, 4) is 16.9 Å². The molecular formula is C28H28N4O5S. The number of amides is 1. The summed E-state index contributed by atoms with van der Waals surface area (Å²) in [6, 6.07) is 18.5. The van der Waals surface area contributed by atoms with E-state index in [1.165, 1.54) is 11.9 Å². The van der Waals surface area contributed by atoms with Crippen molar-refractivity contribution in [2.24, 2.45) is 0 Å². The number of ether oxygens (including phenoxy) is 1. The third-order valence-corrected chi connectivity index (χ3v) is 8.61. The molecule has 1 amide bonds. The van der Waals surface area contributed by atoms with Gasteiger partial charge in [-0.3, -0.25) is 4.79 Å². The highest BCUT2D eigenvalue weighted by molar-refractivity contribution is 7.91. The number of carbonyl (C=O) groups is 2. The summed E-state index contributed by atoms with van der Waals surface area (Å²) >= 11 is 0. The fourth-order valence-electron chi connectivity index (χ4n) is 4.66. The van der Waals surface area contributed by atoms with Gasteiger partial charge in [0, 0.05) is 18.7 Å². The second-order valence-electron chi connectivity index (χ2n) is 9.59. The maximum absolute atomic E-state index is 13.4. The second kappa shape index (κ2) is 10.0. The van der Waals surface area contributed by atoms with E-state index in [-0.39, 0.29) is 17.1 Å². The molecule has 0 N–H and O–H groups in total. The average molecular weight is 533 g/mol. The minimum atomic E-state index is -3.15. The number of fused-ring (bicyclic) bond motifs is 1.